The number of hydrogen-bond acceptors (Lipinski definition) is 3. The Bertz CT molecular complexity index is 543. The predicted molar refractivity (Wildman–Crippen MR) is 85.5 cm³/mol. The zero-order chi connectivity index (χ0) is 14.8. The molecule has 0 unspecified atom stereocenters. The van der Waals surface area contributed by atoms with E-state index in [1.165, 1.54) is 0 Å². The summed E-state index contributed by atoms with van der Waals surface area (Å²) in [7, 11) is -3.56. The van der Waals surface area contributed by atoms with Gasteiger partial charge < -0.3 is 5.73 Å². The SMILES string of the molecule is CC(C)(C)CCNS(=O)(=O)c1c(Br)cc(N)cc1Br. The number of nitrogens with one attached hydrogen (secondary N) is 1. The molecule has 1 aromatic rings. The Hall–Kier alpha value is -0.110. The molecular weight excluding hydrogens is 396 g/mol. The van der Waals surface area contributed by atoms with Crippen LogP contribution in [0.15, 0.2) is 26.0 Å². The summed E-state index contributed by atoms with van der Waals surface area (Å²) in [5.74, 6) is 0. The van der Waals surface area contributed by atoms with Gasteiger partial charge >= 0.3 is 0 Å². The first-order valence-corrected chi connectivity index (χ1v) is 8.84. The Kier molecular flexibility index (Phi) is 5.45. The van der Waals surface area contributed by atoms with Gasteiger partial charge in [-0.25, -0.2) is 13.1 Å². The summed E-state index contributed by atoms with van der Waals surface area (Å²) in [6.07, 6.45) is 0.760. The summed E-state index contributed by atoms with van der Waals surface area (Å²) in [6.45, 7) is 6.60. The normalized spacial score (nSPS) is 12.7. The standard InChI is InChI=1S/C12H18Br2N2O2S/c1-12(2,3)4-5-16-19(17,18)11-9(13)6-8(15)7-10(11)14/h6-7,16H,4-5,15H2,1-3H3. The molecule has 0 radical (unpaired) electrons. The first-order chi connectivity index (χ1) is 8.53. The molecule has 0 amide bonds. The average molecular weight is 414 g/mol. The molecule has 3 N–H and O–H groups in total. The van der Waals surface area contributed by atoms with Gasteiger partial charge in [0.15, 0.2) is 0 Å². The second kappa shape index (κ2) is 6.11. The molecule has 0 spiro atoms. The zero-order valence-electron chi connectivity index (χ0n) is 11.1. The molecule has 0 aliphatic carbocycles. The van der Waals surface area contributed by atoms with Crippen LogP contribution in [0.25, 0.3) is 0 Å². The van der Waals surface area contributed by atoms with Gasteiger partial charge in [-0.15, -0.1) is 0 Å². The van der Waals surface area contributed by atoms with Crippen LogP contribution in [0.4, 0.5) is 5.69 Å². The van der Waals surface area contributed by atoms with Crippen molar-refractivity contribution in [2.24, 2.45) is 5.41 Å². The molecule has 0 saturated heterocycles. The van der Waals surface area contributed by atoms with Gasteiger partial charge in [-0.1, -0.05) is 20.8 Å². The number of nitrogen functional groups attached to an aromatic ring is 1. The van der Waals surface area contributed by atoms with Gasteiger partial charge in [-0.3, -0.25) is 0 Å². The van der Waals surface area contributed by atoms with Crippen LogP contribution in [0.1, 0.15) is 27.2 Å². The number of halogens is 2. The molecule has 0 aliphatic heterocycles. The molecular formula is C12H18Br2N2O2S. The topological polar surface area (TPSA) is 72.2 Å². The van der Waals surface area contributed by atoms with Gasteiger partial charge in [0.2, 0.25) is 10.0 Å². The van der Waals surface area contributed by atoms with E-state index < -0.39 is 10.0 Å². The number of benzene rings is 1. The Balaban J connectivity index is 2.96. The highest BCUT2D eigenvalue weighted by atomic mass is 79.9. The molecule has 0 heterocycles. The van der Waals surface area contributed by atoms with Gasteiger partial charge in [-0.05, 0) is 55.8 Å². The minimum Gasteiger partial charge on any atom is -0.399 e. The lowest BCUT2D eigenvalue weighted by Crippen LogP contribution is -2.28. The van der Waals surface area contributed by atoms with E-state index in [2.05, 4.69) is 57.4 Å². The Labute approximate surface area is 131 Å². The van der Waals surface area contributed by atoms with Crippen LogP contribution in [-0.4, -0.2) is 15.0 Å². The van der Waals surface area contributed by atoms with Crippen molar-refractivity contribution in [1.29, 1.82) is 0 Å². The summed E-state index contributed by atoms with van der Waals surface area (Å²) in [6, 6.07) is 3.15. The molecule has 0 aliphatic rings. The molecule has 1 rings (SSSR count). The minimum atomic E-state index is -3.56. The monoisotopic (exact) mass is 412 g/mol. The van der Waals surface area contributed by atoms with Crippen molar-refractivity contribution < 1.29 is 8.42 Å². The lowest BCUT2D eigenvalue weighted by molar-refractivity contribution is 0.378. The molecule has 0 atom stereocenters. The highest BCUT2D eigenvalue weighted by Gasteiger charge is 2.22. The molecule has 0 aromatic heterocycles. The second-order valence-electron chi connectivity index (χ2n) is 5.52. The third-order valence-corrected chi connectivity index (χ3v) is 5.79. The number of rotatable bonds is 4. The number of hydrogen-bond donors (Lipinski definition) is 2. The van der Waals surface area contributed by atoms with Gasteiger partial charge in [-0.2, -0.15) is 0 Å². The van der Waals surface area contributed by atoms with E-state index in [1.807, 2.05) is 0 Å². The maximum Gasteiger partial charge on any atom is 0.242 e. The highest BCUT2D eigenvalue weighted by Crippen LogP contribution is 2.32. The van der Waals surface area contributed by atoms with Crippen LogP contribution < -0.4 is 10.5 Å². The number of anilines is 1. The maximum atomic E-state index is 12.3. The van der Waals surface area contributed by atoms with Crippen molar-refractivity contribution in [2.75, 3.05) is 12.3 Å². The highest BCUT2D eigenvalue weighted by molar-refractivity contribution is 9.11. The van der Waals surface area contributed by atoms with E-state index in [9.17, 15) is 8.42 Å². The largest absolute Gasteiger partial charge is 0.399 e. The van der Waals surface area contributed by atoms with Gasteiger partial charge in [0, 0.05) is 21.2 Å². The Morgan fingerprint density at radius 2 is 1.68 bits per heavy atom. The average Bonchev–Trinajstić information content (AvgIpc) is 2.11. The van der Waals surface area contributed by atoms with Gasteiger partial charge in [0.25, 0.3) is 0 Å². The van der Waals surface area contributed by atoms with Crippen LogP contribution in [-0.2, 0) is 10.0 Å². The number of nitrogens with two attached hydrogens (primary N) is 1. The summed E-state index contributed by atoms with van der Waals surface area (Å²) in [4.78, 5) is 0.176. The first kappa shape index (κ1) is 16.9. The van der Waals surface area contributed by atoms with Crippen molar-refractivity contribution in [2.45, 2.75) is 32.1 Å². The van der Waals surface area contributed by atoms with Gasteiger partial charge in [0.05, 0.1) is 0 Å². The maximum absolute atomic E-state index is 12.3. The third kappa shape index (κ3) is 5.06. The van der Waals surface area contributed by atoms with Crippen molar-refractivity contribution >= 4 is 47.6 Å². The molecule has 19 heavy (non-hydrogen) atoms. The Morgan fingerprint density at radius 3 is 2.11 bits per heavy atom. The molecule has 1 aromatic carbocycles. The fourth-order valence-electron chi connectivity index (χ4n) is 1.47. The van der Waals surface area contributed by atoms with Crippen LogP contribution in [0.3, 0.4) is 0 Å². The predicted octanol–water partition coefficient (Wildman–Crippen LogP) is 3.51. The van der Waals surface area contributed by atoms with E-state index >= 15 is 0 Å². The van der Waals surface area contributed by atoms with Crippen LogP contribution in [0.2, 0.25) is 0 Å². The van der Waals surface area contributed by atoms with Crippen LogP contribution in [0, 0.1) is 5.41 Å². The van der Waals surface area contributed by atoms with Crippen molar-refractivity contribution in [3.05, 3.63) is 21.1 Å². The molecule has 4 nitrogen and oxygen atoms in total. The van der Waals surface area contributed by atoms with Crippen molar-refractivity contribution in [1.82, 2.24) is 4.72 Å². The van der Waals surface area contributed by atoms with Crippen LogP contribution in [0.5, 0.6) is 0 Å². The van der Waals surface area contributed by atoms with E-state index in [0.717, 1.165) is 6.42 Å². The lowest BCUT2D eigenvalue weighted by Gasteiger charge is -2.18. The minimum absolute atomic E-state index is 0.0814. The van der Waals surface area contributed by atoms with E-state index in [-0.39, 0.29) is 10.3 Å². The summed E-state index contributed by atoms with van der Waals surface area (Å²) in [5.41, 5.74) is 6.23. The zero-order valence-corrected chi connectivity index (χ0v) is 15.1. The van der Waals surface area contributed by atoms with Crippen LogP contribution >= 0.6 is 31.9 Å². The Morgan fingerprint density at radius 1 is 1.21 bits per heavy atom. The molecule has 0 bridgehead atoms. The third-order valence-electron chi connectivity index (χ3n) is 2.46. The lowest BCUT2D eigenvalue weighted by atomic mass is 9.93. The van der Waals surface area contributed by atoms with Gasteiger partial charge in [0.1, 0.15) is 4.90 Å². The number of sulfonamides is 1. The summed E-state index contributed by atoms with van der Waals surface area (Å²) < 4.78 is 28.0. The quantitative estimate of drug-likeness (QED) is 0.741. The second-order valence-corrected chi connectivity index (χ2v) is 8.93. The summed E-state index contributed by atoms with van der Waals surface area (Å²) >= 11 is 6.47. The fraction of sp³-hybridized carbons (Fsp3) is 0.500. The van der Waals surface area contributed by atoms with Crippen molar-refractivity contribution in [3.8, 4) is 0 Å². The van der Waals surface area contributed by atoms with E-state index in [0.29, 0.717) is 21.2 Å². The molecule has 0 saturated carbocycles. The summed E-state index contributed by atoms with van der Waals surface area (Å²) in [5, 5.41) is 0. The fourth-order valence-corrected chi connectivity index (χ4v) is 5.12. The first-order valence-electron chi connectivity index (χ1n) is 5.77. The van der Waals surface area contributed by atoms with Crippen molar-refractivity contribution in [3.63, 3.8) is 0 Å². The molecule has 0 fully saturated rings. The van der Waals surface area contributed by atoms with E-state index in [4.69, 9.17) is 5.73 Å². The smallest absolute Gasteiger partial charge is 0.242 e. The van der Waals surface area contributed by atoms with E-state index in [1.54, 1.807) is 12.1 Å². The molecule has 7 heteroatoms. The molecule has 108 valence electrons.